The third kappa shape index (κ3) is 4.26. The molecule has 0 saturated carbocycles. The van der Waals surface area contributed by atoms with Crippen LogP contribution < -0.4 is 5.32 Å². The zero-order chi connectivity index (χ0) is 11.9. The van der Waals surface area contributed by atoms with E-state index in [1.165, 1.54) is 24.6 Å². The van der Waals surface area contributed by atoms with E-state index in [1.807, 2.05) is 6.20 Å². The predicted octanol–water partition coefficient (Wildman–Crippen LogP) is 1.18. The summed E-state index contributed by atoms with van der Waals surface area (Å²) in [6.45, 7) is 6.74. The lowest BCUT2D eigenvalue weighted by atomic mass is 10.2. The normalized spacial score (nSPS) is 19.1. The molecule has 0 aromatic carbocycles. The molecule has 1 unspecified atom stereocenters. The Kier molecular flexibility index (Phi) is 5.22. The molecule has 1 atom stereocenters. The van der Waals surface area contributed by atoms with Crippen LogP contribution >= 0.6 is 11.8 Å². The molecule has 1 fully saturated rings. The average Bonchev–Trinajstić information content (AvgIpc) is 2.41. The summed E-state index contributed by atoms with van der Waals surface area (Å²) in [5, 5.41) is 3.50. The van der Waals surface area contributed by atoms with Crippen molar-refractivity contribution in [2.24, 2.45) is 0 Å². The van der Waals surface area contributed by atoms with E-state index in [1.54, 1.807) is 12.4 Å². The monoisotopic (exact) mass is 252 g/mol. The summed E-state index contributed by atoms with van der Waals surface area (Å²) >= 11 is 2.05. The number of hydrogen-bond donors (Lipinski definition) is 1. The molecule has 1 aliphatic rings. The van der Waals surface area contributed by atoms with Gasteiger partial charge in [-0.15, -0.1) is 0 Å². The Morgan fingerprint density at radius 2 is 2.24 bits per heavy atom. The van der Waals surface area contributed by atoms with Crippen molar-refractivity contribution in [1.29, 1.82) is 0 Å². The van der Waals surface area contributed by atoms with Crippen LogP contribution in [0.2, 0.25) is 0 Å². The van der Waals surface area contributed by atoms with Gasteiger partial charge in [-0.1, -0.05) is 0 Å². The average molecular weight is 252 g/mol. The second kappa shape index (κ2) is 6.93. The highest BCUT2D eigenvalue weighted by atomic mass is 32.2. The fourth-order valence-electron chi connectivity index (χ4n) is 1.90. The van der Waals surface area contributed by atoms with Crippen LogP contribution in [0.3, 0.4) is 0 Å². The molecule has 1 aromatic heterocycles. The first-order valence-electron chi connectivity index (χ1n) is 6.15. The van der Waals surface area contributed by atoms with Crippen LogP contribution in [0, 0.1) is 0 Å². The second-order valence-corrected chi connectivity index (χ2v) is 5.48. The quantitative estimate of drug-likeness (QED) is 0.852. The van der Waals surface area contributed by atoms with Crippen LogP contribution in [0.5, 0.6) is 0 Å². The number of nitrogens with zero attached hydrogens (tertiary/aromatic N) is 3. The molecule has 0 aliphatic carbocycles. The largest absolute Gasteiger partial charge is 0.308 e. The zero-order valence-electron chi connectivity index (χ0n) is 10.3. The van der Waals surface area contributed by atoms with Crippen LogP contribution in [-0.2, 0) is 0 Å². The van der Waals surface area contributed by atoms with Crippen molar-refractivity contribution in [1.82, 2.24) is 20.2 Å². The van der Waals surface area contributed by atoms with Gasteiger partial charge in [0.1, 0.15) is 0 Å². The Balaban J connectivity index is 1.67. The van der Waals surface area contributed by atoms with Crippen LogP contribution in [0.4, 0.5) is 0 Å². The Hall–Kier alpha value is -0.650. The highest BCUT2D eigenvalue weighted by molar-refractivity contribution is 7.99. The van der Waals surface area contributed by atoms with Crippen LogP contribution in [0.15, 0.2) is 18.6 Å². The van der Waals surface area contributed by atoms with E-state index in [0.717, 1.165) is 18.8 Å². The SMILES string of the molecule is CC(NCCN1CCSCC1)c1cnccn1. The van der Waals surface area contributed by atoms with Gasteiger partial charge in [0, 0.05) is 62.3 Å². The fourth-order valence-corrected chi connectivity index (χ4v) is 2.88. The van der Waals surface area contributed by atoms with E-state index < -0.39 is 0 Å². The van der Waals surface area contributed by atoms with Gasteiger partial charge in [-0.25, -0.2) is 0 Å². The Bertz CT molecular complexity index is 314. The maximum absolute atomic E-state index is 4.30. The van der Waals surface area contributed by atoms with Gasteiger partial charge in [0.15, 0.2) is 0 Å². The van der Waals surface area contributed by atoms with Crippen LogP contribution in [0.1, 0.15) is 18.7 Å². The lowest BCUT2D eigenvalue weighted by Gasteiger charge is -2.26. The summed E-state index contributed by atoms with van der Waals surface area (Å²) in [7, 11) is 0. The molecule has 0 amide bonds. The maximum Gasteiger partial charge on any atom is 0.0753 e. The first-order chi connectivity index (χ1) is 8.36. The molecule has 1 aromatic rings. The minimum Gasteiger partial charge on any atom is -0.308 e. The number of aromatic nitrogens is 2. The third-order valence-corrected chi connectivity index (χ3v) is 3.95. The minimum absolute atomic E-state index is 0.280. The van der Waals surface area contributed by atoms with Crippen molar-refractivity contribution >= 4 is 11.8 Å². The van der Waals surface area contributed by atoms with Crippen LogP contribution in [-0.4, -0.2) is 52.6 Å². The zero-order valence-corrected chi connectivity index (χ0v) is 11.1. The molecular weight excluding hydrogens is 232 g/mol. The smallest absolute Gasteiger partial charge is 0.0753 e. The Morgan fingerprint density at radius 3 is 2.94 bits per heavy atom. The molecule has 1 N–H and O–H groups in total. The molecule has 17 heavy (non-hydrogen) atoms. The fraction of sp³-hybridized carbons (Fsp3) is 0.667. The van der Waals surface area contributed by atoms with E-state index >= 15 is 0 Å². The summed E-state index contributed by atoms with van der Waals surface area (Å²) < 4.78 is 0. The molecule has 94 valence electrons. The van der Waals surface area contributed by atoms with Gasteiger partial charge in [-0.3, -0.25) is 9.97 Å². The first kappa shape index (κ1) is 12.8. The first-order valence-corrected chi connectivity index (χ1v) is 7.31. The predicted molar refractivity (Wildman–Crippen MR) is 72.2 cm³/mol. The van der Waals surface area contributed by atoms with Crippen molar-refractivity contribution < 1.29 is 0 Å². The van der Waals surface area contributed by atoms with Gasteiger partial charge < -0.3 is 10.2 Å². The summed E-state index contributed by atoms with van der Waals surface area (Å²) in [6, 6.07) is 0.280. The van der Waals surface area contributed by atoms with Crippen molar-refractivity contribution in [2.45, 2.75) is 13.0 Å². The molecule has 0 radical (unpaired) electrons. The number of rotatable bonds is 5. The molecule has 2 rings (SSSR count). The van der Waals surface area contributed by atoms with Gasteiger partial charge >= 0.3 is 0 Å². The van der Waals surface area contributed by atoms with Gasteiger partial charge in [0.2, 0.25) is 0 Å². The lowest BCUT2D eigenvalue weighted by molar-refractivity contribution is 0.296. The van der Waals surface area contributed by atoms with E-state index in [4.69, 9.17) is 0 Å². The van der Waals surface area contributed by atoms with Gasteiger partial charge in [0.05, 0.1) is 5.69 Å². The molecule has 1 aliphatic heterocycles. The van der Waals surface area contributed by atoms with Gasteiger partial charge in [0.25, 0.3) is 0 Å². The van der Waals surface area contributed by atoms with Crippen LogP contribution in [0.25, 0.3) is 0 Å². The highest BCUT2D eigenvalue weighted by Crippen LogP contribution is 2.09. The standard InChI is InChI=1S/C12H20N4S/c1-11(12-10-13-2-3-15-12)14-4-5-16-6-8-17-9-7-16/h2-3,10-11,14H,4-9H2,1H3. The topological polar surface area (TPSA) is 41.0 Å². The molecule has 4 nitrogen and oxygen atoms in total. The Labute approximate surface area is 107 Å². The van der Waals surface area contributed by atoms with Gasteiger partial charge in [-0.2, -0.15) is 11.8 Å². The van der Waals surface area contributed by atoms with E-state index in [9.17, 15) is 0 Å². The second-order valence-electron chi connectivity index (χ2n) is 4.26. The lowest BCUT2D eigenvalue weighted by Crippen LogP contribution is -2.38. The van der Waals surface area contributed by atoms with E-state index in [0.29, 0.717) is 0 Å². The summed E-state index contributed by atoms with van der Waals surface area (Å²) in [4.78, 5) is 10.9. The Morgan fingerprint density at radius 1 is 1.41 bits per heavy atom. The van der Waals surface area contributed by atoms with E-state index in [-0.39, 0.29) is 6.04 Å². The molecule has 2 heterocycles. The molecule has 0 bridgehead atoms. The molecule has 5 heteroatoms. The molecular formula is C12H20N4S. The summed E-state index contributed by atoms with van der Waals surface area (Å²) in [5.74, 6) is 2.55. The number of hydrogen-bond acceptors (Lipinski definition) is 5. The minimum atomic E-state index is 0.280. The van der Waals surface area contributed by atoms with Gasteiger partial charge in [-0.05, 0) is 6.92 Å². The van der Waals surface area contributed by atoms with Crippen molar-refractivity contribution in [3.8, 4) is 0 Å². The third-order valence-electron chi connectivity index (χ3n) is 3.01. The maximum atomic E-state index is 4.30. The molecule has 1 saturated heterocycles. The molecule has 0 spiro atoms. The van der Waals surface area contributed by atoms with E-state index in [2.05, 4.69) is 38.9 Å². The highest BCUT2D eigenvalue weighted by Gasteiger charge is 2.11. The van der Waals surface area contributed by atoms with Crippen molar-refractivity contribution in [2.75, 3.05) is 37.7 Å². The number of nitrogens with one attached hydrogen (secondary N) is 1. The summed E-state index contributed by atoms with van der Waals surface area (Å²) in [6.07, 6.45) is 5.28. The van der Waals surface area contributed by atoms with Crippen molar-refractivity contribution in [3.05, 3.63) is 24.3 Å². The number of thioether (sulfide) groups is 1. The van der Waals surface area contributed by atoms with Crippen molar-refractivity contribution in [3.63, 3.8) is 0 Å². The summed E-state index contributed by atoms with van der Waals surface area (Å²) in [5.41, 5.74) is 1.02.